The molecule has 0 bridgehead atoms. The smallest absolute Gasteiger partial charge is 0.134 e. The summed E-state index contributed by atoms with van der Waals surface area (Å²) < 4.78 is 2.84. The molecule has 3 rings (SSSR count). The summed E-state index contributed by atoms with van der Waals surface area (Å²) in [7, 11) is 0. The van der Waals surface area contributed by atoms with Crippen LogP contribution in [0.4, 0.5) is 5.69 Å². The molecule has 0 aliphatic carbocycles. The van der Waals surface area contributed by atoms with E-state index in [2.05, 4.69) is 32.3 Å². The number of anilines is 1. The molecule has 1 aromatic carbocycles. The molecule has 4 nitrogen and oxygen atoms in total. The first-order valence-electron chi connectivity index (χ1n) is 6.14. The molecule has 0 radical (unpaired) electrons. The van der Waals surface area contributed by atoms with Gasteiger partial charge in [0.25, 0.3) is 0 Å². The Morgan fingerprint density at radius 3 is 2.85 bits per heavy atom. The monoisotopic (exact) mass is 326 g/mol. The molecule has 98 valence electrons. The number of nitrogens with one attached hydrogen (secondary N) is 1. The number of pyridine rings is 1. The number of para-hydroxylation sites is 1. The molecular formula is C15H11BrN4. The fourth-order valence-electron chi connectivity index (χ4n) is 2.09. The minimum Gasteiger partial charge on any atom is -0.377 e. The standard InChI is InChI=1S/C15H11BrN4/c16-15-13-7-3-4-8-20(13)14(19-15)10-18-12-6-2-1-5-11(12)9-17/h1-8,18H,10H2. The van der Waals surface area contributed by atoms with Crippen LogP contribution in [-0.2, 0) is 6.54 Å². The Balaban J connectivity index is 1.89. The number of imidazole rings is 1. The minimum absolute atomic E-state index is 0.551. The Morgan fingerprint density at radius 2 is 2.00 bits per heavy atom. The zero-order valence-electron chi connectivity index (χ0n) is 10.5. The molecule has 0 atom stereocenters. The van der Waals surface area contributed by atoms with E-state index in [0.717, 1.165) is 21.6 Å². The number of fused-ring (bicyclic) bond motifs is 1. The summed E-state index contributed by atoms with van der Waals surface area (Å²) in [5.74, 6) is 0.889. The van der Waals surface area contributed by atoms with Gasteiger partial charge in [-0.05, 0) is 40.2 Å². The van der Waals surface area contributed by atoms with Crippen molar-refractivity contribution in [2.24, 2.45) is 0 Å². The largest absolute Gasteiger partial charge is 0.377 e. The zero-order chi connectivity index (χ0) is 13.9. The SMILES string of the molecule is N#Cc1ccccc1NCc1nc(Br)c2ccccn12. The van der Waals surface area contributed by atoms with Crippen molar-refractivity contribution in [3.8, 4) is 6.07 Å². The van der Waals surface area contributed by atoms with Crippen molar-refractivity contribution in [3.63, 3.8) is 0 Å². The molecule has 0 aliphatic heterocycles. The topological polar surface area (TPSA) is 53.1 Å². The van der Waals surface area contributed by atoms with Gasteiger partial charge in [0.15, 0.2) is 0 Å². The number of rotatable bonds is 3. The Morgan fingerprint density at radius 1 is 1.20 bits per heavy atom. The second-order valence-corrected chi connectivity index (χ2v) is 5.04. The van der Waals surface area contributed by atoms with Crippen molar-refractivity contribution < 1.29 is 0 Å². The van der Waals surface area contributed by atoms with Crippen molar-refractivity contribution in [3.05, 3.63) is 64.7 Å². The molecular weight excluding hydrogens is 316 g/mol. The van der Waals surface area contributed by atoms with Gasteiger partial charge in [-0.25, -0.2) is 4.98 Å². The van der Waals surface area contributed by atoms with Gasteiger partial charge in [-0.15, -0.1) is 0 Å². The van der Waals surface area contributed by atoms with Gasteiger partial charge >= 0.3 is 0 Å². The number of hydrogen-bond acceptors (Lipinski definition) is 3. The number of halogens is 1. The fraction of sp³-hybridized carbons (Fsp3) is 0.0667. The first kappa shape index (κ1) is 12.7. The molecule has 0 amide bonds. The molecule has 0 saturated carbocycles. The number of nitrogens with zero attached hydrogens (tertiary/aromatic N) is 3. The average Bonchev–Trinajstić information content (AvgIpc) is 2.82. The van der Waals surface area contributed by atoms with Crippen LogP contribution < -0.4 is 5.32 Å². The molecule has 0 spiro atoms. The minimum atomic E-state index is 0.551. The number of nitriles is 1. The van der Waals surface area contributed by atoms with Crippen molar-refractivity contribution >= 4 is 27.1 Å². The molecule has 0 fully saturated rings. The Labute approximate surface area is 124 Å². The fourth-order valence-corrected chi connectivity index (χ4v) is 2.62. The second-order valence-electron chi connectivity index (χ2n) is 4.29. The molecule has 0 saturated heterocycles. The predicted octanol–water partition coefficient (Wildman–Crippen LogP) is 3.58. The van der Waals surface area contributed by atoms with Crippen LogP contribution in [-0.4, -0.2) is 9.38 Å². The number of hydrogen-bond donors (Lipinski definition) is 1. The summed E-state index contributed by atoms with van der Waals surface area (Å²) in [4.78, 5) is 4.49. The van der Waals surface area contributed by atoms with Crippen LogP contribution in [0.25, 0.3) is 5.52 Å². The highest BCUT2D eigenvalue weighted by atomic mass is 79.9. The first-order valence-corrected chi connectivity index (χ1v) is 6.93. The first-order chi connectivity index (χ1) is 9.79. The van der Waals surface area contributed by atoms with Crippen molar-refractivity contribution in [2.45, 2.75) is 6.54 Å². The molecule has 2 heterocycles. The quantitative estimate of drug-likeness (QED) is 0.800. The van der Waals surface area contributed by atoms with E-state index in [4.69, 9.17) is 5.26 Å². The molecule has 0 unspecified atom stereocenters. The van der Waals surface area contributed by atoms with Gasteiger partial charge in [0.1, 0.15) is 16.5 Å². The Bertz CT molecular complexity index is 801. The Hall–Kier alpha value is -2.32. The van der Waals surface area contributed by atoms with Crippen molar-refractivity contribution in [1.82, 2.24) is 9.38 Å². The van der Waals surface area contributed by atoms with Crippen LogP contribution >= 0.6 is 15.9 Å². The highest BCUT2D eigenvalue weighted by Gasteiger charge is 2.08. The number of benzene rings is 1. The van der Waals surface area contributed by atoms with Gasteiger partial charge < -0.3 is 9.72 Å². The lowest BCUT2D eigenvalue weighted by Crippen LogP contribution is -2.05. The van der Waals surface area contributed by atoms with E-state index in [9.17, 15) is 0 Å². The summed E-state index contributed by atoms with van der Waals surface area (Å²) in [5.41, 5.74) is 2.48. The van der Waals surface area contributed by atoms with Gasteiger partial charge in [0, 0.05) is 6.20 Å². The second kappa shape index (κ2) is 5.35. The summed E-state index contributed by atoms with van der Waals surface area (Å²) >= 11 is 3.46. The third-order valence-corrected chi connectivity index (χ3v) is 3.64. The molecule has 2 aromatic heterocycles. The van der Waals surface area contributed by atoms with E-state index < -0.39 is 0 Å². The maximum Gasteiger partial charge on any atom is 0.134 e. The highest BCUT2D eigenvalue weighted by Crippen LogP contribution is 2.20. The average molecular weight is 327 g/mol. The third kappa shape index (κ3) is 2.26. The summed E-state index contributed by atoms with van der Waals surface area (Å²) in [6.45, 7) is 0.551. The van der Waals surface area contributed by atoms with E-state index in [-0.39, 0.29) is 0 Å². The lowest BCUT2D eigenvalue weighted by Gasteiger charge is -2.07. The number of aromatic nitrogens is 2. The lowest BCUT2D eigenvalue weighted by molar-refractivity contribution is 0.939. The van der Waals surface area contributed by atoms with Crippen molar-refractivity contribution in [1.29, 1.82) is 5.26 Å². The van der Waals surface area contributed by atoms with E-state index in [1.54, 1.807) is 6.07 Å². The van der Waals surface area contributed by atoms with Gasteiger partial charge in [0.2, 0.25) is 0 Å². The normalized spacial score (nSPS) is 10.4. The van der Waals surface area contributed by atoms with E-state index >= 15 is 0 Å². The van der Waals surface area contributed by atoms with Crippen LogP contribution in [0.2, 0.25) is 0 Å². The molecule has 3 aromatic rings. The molecule has 1 N–H and O–H groups in total. The molecule has 5 heteroatoms. The Kier molecular flexibility index (Phi) is 3.40. The summed E-state index contributed by atoms with van der Waals surface area (Å²) in [6, 6.07) is 15.6. The lowest BCUT2D eigenvalue weighted by atomic mass is 10.2. The maximum atomic E-state index is 9.07. The zero-order valence-corrected chi connectivity index (χ0v) is 12.1. The van der Waals surface area contributed by atoms with Gasteiger partial charge in [0.05, 0.1) is 23.3 Å². The van der Waals surface area contributed by atoms with Crippen LogP contribution in [0.5, 0.6) is 0 Å². The highest BCUT2D eigenvalue weighted by molar-refractivity contribution is 9.10. The van der Waals surface area contributed by atoms with Crippen LogP contribution in [0.3, 0.4) is 0 Å². The van der Waals surface area contributed by atoms with E-state index in [1.165, 1.54) is 0 Å². The molecule has 0 aliphatic rings. The van der Waals surface area contributed by atoms with Gasteiger partial charge in [-0.3, -0.25) is 0 Å². The summed E-state index contributed by atoms with van der Waals surface area (Å²) in [6.07, 6.45) is 1.97. The predicted molar refractivity (Wildman–Crippen MR) is 81.4 cm³/mol. The van der Waals surface area contributed by atoms with Crippen LogP contribution in [0, 0.1) is 11.3 Å². The van der Waals surface area contributed by atoms with Gasteiger partial charge in [-0.1, -0.05) is 18.2 Å². The van der Waals surface area contributed by atoms with Crippen molar-refractivity contribution in [2.75, 3.05) is 5.32 Å². The molecule has 20 heavy (non-hydrogen) atoms. The van der Waals surface area contributed by atoms with E-state index in [0.29, 0.717) is 12.1 Å². The van der Waals surface area contributed by atoms with Crippen LogP contribution in [0.1, 0.15) is 11.4 Å². The third-order valence-electron chi connectivity index (χ3n) is 3.06. The van der Waals surface area contributed by atoms with E-state index in [1.807, 2.05) is 47.0 Å². The maximum absolute atomic E-state index is 9.07. The van der Waals surface area contributed by atoms with Crippen LogP contribution in [0.15, 0.2) is 53.3 Å². The summed E-state index contributed by atoms with van der Waals surface area (Å²) in [5, 5.41) is 12.3. The van der Waals surface area contributed by atoms with Gasteiger partial charge in [-0.2, -0.15) is 5.26 Å².